The van der Waals surface area contributed by atoms with Crippen LogP contribution in [0.1, 0.15) is 38.6 Å². The second-order valence-electron chi connectivity index (χ2n) is 4.77. The Hall–Kier alpha value is -2.37. The average Bonchev–Trinajstić information content (AvgIpc) is 2.96. The van der Waals surface area contributed by atoms with Crippen molar-refractivity contribution in [2.45, 2.75) is 32.7 Å². The number of methoxy groups -OCH3 is 1. The molecule has 1 unspecified atom stereocenters. The summed E-state index contributed by atoms with van der Waals surface area (Å²) >= 11 is 0. The van der Waals surface area contributed by atoms with Gasteiger partial charge in [0.1, 0.15) is 12.1 Å². The number of ether oxygens (including phenoxy) is 1. The predicted molar refractivity (Wildman–Crippen MR) is 79.4 cm³/mol. The Morgan fingerprint density at radius 2 is 2.10 bits per heavy atom. The fraction of sp³-hybridized carbons (Fsp3) is 0.400. The van der Waals surface area contributed by atoms with Crippen molar-refractivity contribution < 1.29 is 9.53 Å². The zero-order chi connectivity index (χ0) is 15.2. The first-order valence-corrected chi connectivity index (χ1v) is 6.97. The van der Waals surface area contributed by atoms with Gasteiger partial charge in [0.05, 0.1) is 18.8 Å². The average molecular weight is 288 g/mol. The van der Waals surface area contributed by atoms with Crippen LogP contribution < -0.4 is 10.1 Å². The molecule has 0 saturated carbocycles. The fourth-order valence-corrected chi connectivity index (χ4v) is 2.21. The topological polar surface area (TPSA) is 69.0 Å². The Kier molecular flexibility index (Phi) is 4.92. The third-order valence-corrected chi connectivity index (χ3v) is 3.16. The molecule has 0 aliphatic carbocycles. The quantitative estimate of drug-likeness (QED) is 0.885. The van der Waals surface area contributed by atoms with Crippen LogP contribution in [-0.2, 0) is 4.79 Å². The Balaban J connectivity index is 2.32. The molecule has 1 heterocycles. The van der Waals surface area contributed by atoms with Crippen LogP contribution in [0.15, 0.2) is 30.6 Å². The molecule has 1 amide bonds. The maximum atomic E-state index is 11.4. The normalized spacial score (nSPS) is 12.0. The summed E-state index contributed by atoms with van der Waals surface area (Å²) in [6.45, 7) is 3.58. The van der Waals surface area contributed by atoms with Gasteiger partial charge in [-0.3, -0.25) is 4.79 Å². The van der Waals surface area contributed by atoms with E-state index in [1.54, 1.807) is 11.8 Å². The van der Waals surface area contributed by atoms with E-state index in [4.69, 9.17) is 4.74 Å². The summed E-state index contributed by atoms with van der Waals surface area (Å²) in [6.07, 6.45) is 3.26. The molecule has 0 fully saturated rings. The number of aromatic nitrogens is 3. The molecule has 2 rings (SSSR count). The summed E-state index contributed by atoms with van der Waals surface area (Å²) in [5, 5.41) is 7.19. The lowest BCUT2D eigenvalue weighted by Gasteiger charge is -2.17. The minimum absolute atomic E-state index is 0.0715. The van der Waals surface area contributed by atoms with Crippen molar-refractivity contribution in [1.82, 2.24) is 20.1 Å². The first-order valence-electron chi connectivity index (χ1n) is 6.97. The van der Waals surface area contributed by atoms with Crippen LogP contribution in [0, 0.1) is 0 Å². The van der Waals surface area contributed by atoms with Crippen LogP contribution in [0.2, 0.25) is 0 Å². The van der Waals surface area contributed by atoms with Crippen LogP contribution in [0.25, 0.3) is 5.69 Å². The van der Waals surface area contributed by atoms with E-state index in [0.717, 1.165) is 30.1 Å². The number of nitrogens with zero attached hydrogens (tertiary/aromatic N) is 3. The molecule has 112 valence electrons. The maximum absolute atomic E-state index is 11.4. The predicted octanol–water partition coefficient (Wildman–Crippen LogP) is 2.25. The van der Waals surface area contributed by atoms with Crippen LogP contribution >= 0.6 is 0 Å². The zero-order valence-corrected chi connectivity index (χ0v) is 12.5. The van der Waals surface area contributed by atoms with Gasteiger partial charge in [0.25, 0.3) is 0 Å². The van der Waals surface area contributed by atoms with Gasteiger partial charge in [0, 0.05) is 6.92 Å². The zero-order valence-electron chi connectivity index (χ0n) is 12.5. The number of hydrogen-bond donors (Lipinski definition) is 1. The molecule has 1 N–H and O–H groups in total. The van der Waals surface area contributed by atoms with Gasteiger partial charge in [-0.15, -0.1) is 0 Å². The van der Waals surface area contributed by atoms with Crippen molar-refractivity contribution in [3.63, 3.8) is 0 Å². The first kappa shape index (κ1) is 15.0. The number of benzene rings is 1. The van der Waals surface area contributed by atoms with Crippen molar-refractivity contribution in [2.24, 2.45) is 0 Å². The van der Waals surface area contributed by atoms with E-state index in [2.05, 4.69) is 22.3 Å². The molecule has 6 nitrogen and oxygen atoms in total. The number of amides is 1. The van der Waals surface area contributed by atoms with Gasteiger partial charge < -0.3 is 10.1 Å². The largest absolute Gasteiger partial charge is 0.497 e. The molecular formula is C15H20N4O2. The van der Waals surface area contributed by atoms with Crippen molar-refractivity contribution in [2.75, 3.05) is 7.11 Å². The standard InChI is InChI=1S/C15H20N4O2/c1-4-5-14(18-11(2)20)15-16-10-17-19(15)12-6-8-13(21-3)9-7-12/h6-10,14H,4-5H2,1-3H3,(H,18,20). The molecular weight excluding hydrogens is 268 g/mol. The van der Waals surface area contributed by atoms with E-state index >= 15 is 0 Å². The van der Waals surface area contributed by atoms with Gasteiger partial charge >= 0.3 is 0 Å². The second kappa shape index (κ2) is 6.88. The van der Waals surface area contributed by atoms with E-state index in [1.807, 2.05) is 24.3 Å². The van der Waals surface area contributed by atoms with Crippen molar-refractivity contribution >= 4 is 5.91 Å². The number of rotatable bonds is 6. The maximum Gasteiger partial charge on any atom is 0.217 e. The molecule has 1 atom stereocenters. The lowest BCUT2D eigenvalue weighted by Crippen LogP contribution is -2.28. The molecule has 2 aromatic rings. The highest BCUT2D eigenvalue weighted by molar-refractivity contribution is 5.73. The lowest BCUT2D eigenvalue weighted by molar-refractivity contribution is -0.119. The van der Waals surface area contributed by atoms with Gasteiger partial charge in [-0.25, -0.2) is 9.67 Å². The highest BCUT2D eigenvalue weighted by atomic mass is 16.5. The van der Waals surface area contributed by atoms with E-state index in [-0.39, 0.29) is 11.9 Å². The molecule has 1 aromatic carbocycles. The number of carbonyl (C=O) groups excluding carboxylic acids is 1. The SMILES string of the molecule is CCCC(NC(C)=O)c1ncnn1-c1ccc(OC)cc1. The summed E-state index contributed by atoms with van der Waals surface area (Å²) in [7, 11) is 1.63. The molecule has 21 heavy (non-hydrogen) atoms. The van der Waals surface area contributed by atoms with Gasteiger partial charge in [-0.1, -0.05) is 13.3 Å². The second-order valence-corrected chi connectivity index (χ2v) is 4.77. The number of hydrogen-bond acceptors (Lipinski definition) is 4. The summed E-state index contributed by atoms with van der Waals surface area (Å²) < 4.78 is 6.90. The van der Waals surface area contributed by atoms with Crippen LogP contribution in [0.5, 0.6) is 5.75 Å². The molecule has 0 aliphatic heterocycles. The van der Waals surface area contributed by atoms with Crippen molar-refractivity contribution in [3.8, 4) is 11.4 Å². The molecule has 0 aliphatic rings. The summed E-state index contributed by atoms with van der Waals surface area (Å²) in [5.74, 6) is 1.45. The number of carbonyl (C=O) groups is 1. The fourth-order valence-electron chi connectivity index (χ4n) is 2.21. The third-order valence-electron chi connectivity index (χ3n) is 3.16. The van der Waals surface area contributed by atoms with E-state index < -0.39 is 0 Å². The van der Waals surface area contributed by atoms with Gasteiger partial charge in [-0.05, 0) is 30.7 Å². The monoisotopic (exact) mass is 288 g/mol. The van der Waals surface area contributed by atoms with Gasteiger partial charge in [0.2, 0.25) is 5.91 Å². The van der Waals surface area contributed by atoms with Gasteiger partial charge in [-0.2, -0.15) is 5.10 Å². The summed E-state index contributed by atoms with van der Waals surface area (Å²) in [6, 6.07) is 7.42. The molecule has 0 bridgehead atoms. The van der Waals surface area contributed by atoms with Crippen LogP contribution in [-0.4, -0.2) is 27.8 Å². The third kappa shape index (κ3) is 3.59. The van der Waals surface area contributed by atoms with Crippen LogP contribution in [0.3, 0.4) is 0 Å². The molecule has 0 saturated heterocycles. The molecule has 1 aromatic heterocycles. The van der Waals surface area contributed by atoms with E-state index in [0.29, 0.717) is 0 Å². The summed E-state index contributed by atoms with van der Waals surface area (Å²) in [5.41, 5.74) is 0.884. The van der Waals surface area contributed by atoms with E-state index in [9.17, 15) is 4.79 Å². The Morgan fingerprint density at radius 3 is 2.67 bits per heavy atom. The number of nitrogens with one attached hydrogen (secondary N) is 1. The molecule has 0 radical (unpaired) electrons. The van der Waals surface area contributed by atoms with Gasteiger partial charge in [0.15, 0.2) is 5.82 Å². The first-order chi connectivity index (χ1) is 10.2. The lowest BCUT2D eigenvalue weighted by atomic mass is 10.1. The Morgan fingerprint density at radius 1 is 1.38 bits per heavy atom. The minimum atomic E-state index is -0.142. The highest BCUT2D eigenvalue weighted by Crippen LogP contribution is 2.21. The Bertz CT molecular complexity index is 592. The molecule has 0 spiro atoms. The minimum Gasteiger partial charge on any atom is -0.497 e. The highest BCUT2D eigenvalue weighted by Gasteiger charge is 2.19. The Labute approximate surface area is 124 Å². The summed E-state index contributed by atoms with van der Waals surface area (Å²) in [4.78, 5) is 15.7. The van der Waals surface area contributed by atoms with Crippen molar-refractivity contribution in [3.05, 3.63) is 36.4 Å². The van der Waals surface area contributed by atoms with E-state index in [1.165, 1.54) is 13.3 Å². The van der Waals surface area contributed by atoms with Crippen molar-refractivity contribution in [1.29, 1.82) is 0 Å². The smallest absolute Gasteiger partial charge is 0.217 e. The molecule has 6 heteroatoms. The van der Waals surface area contributed by atoms with Crippen LogP contribution in [0.4, 0.5) is 0 Å².